The van der Waals surface area contributed by atoms with Crippen molar-refractivity contribution in [2.24, 2.45) is 0 Å². The average molecular weight is 372 g/mol. The highest BCUT2D eigenvalue weighted by Crippen LogP contribution is 2.36. The van der Waals surface area contributed by atoms with E-state index >= 15 is 0 Å². The number of aromatic nitrogens is 3. The Morgan fingerprint density at radius 1 is 0.964 bits per heavy atom. The molecule has 0 bridgehead atoms. The molecule has 142 valence electrons. The van der Waals surface area contributed by atoms with Gasteiger partial charge >= 0.3 is 0 Å². The van der Waals surface area contributed by atoms with Crippen molar-refractivity contribution in [3.63, 3.8) is 0 Å². The van der Waals surface area contributed by atoms with Gasteiger partial charge in [-0.15, -0.1) is 0 Å². The molecule has 0 aliphatic heterocycles. The van der Waals surface area contributed by atoms with Gasteiger partial charge in [0, 0.05) is 23.5 Å². The predicted molar refractivity (Wildman–Crippen MR) is 113 cm³/mol. The quantitative estimate of drug-likeness (QED) is 0.524. The third kappa shape index (κ3) is 3.83. The second-order valence-corrected chi connectivity index (χ2v) is 7.72. The van der Waals surface area contributed by atoms with E-state index < -0.39 is 0 Å². The zero-order valence-electron chi connectivity index (χ0n) is 16.4. The van der Waals surface area contributed by atoms with E-state index in [0.29, 0.717) is 6.61 Å². The molecule has 0 radical (unpaired) electrons. The number of imidazole rings is 1. The fourth-order valence-corrected chi connectivity index (χ4v) is 3.08. The molecule has 3 heterocycles. The minimum atomic E-state index is -0.107. The van der Waals surface area contributed by atoms with E-state index in [1.807, 2.05) is 66.9 Å². The maximum atomic E-state index is 6.12. The van der Waals surface area contributed by atoms with Gasteiger partial charge in [-0.25, -0.2) is 4.98 Å². The smallest absolute Gasteiger partial charge is 0.139 e. The average Bonchev–Trinajstić information content (AvgIpc) is 3.04. The van der Waals surface area contributed by atoms with Crippen LogP contribution in [0.4, 0.5) is 5.82 Å². The first-order chi connectivity index (χ1) is 13.5. The normalized spacial score (nSPS) is 11.5. The lowest BCUT2D eigenvalue weighted by Gasteiger charge is -2.23. The number of rotatable bonds is 5. The van der Waals surface area contributed by atoms with Gasteiger partial charge in [0.15, 0.2) is 0 Å². The summed E-state index contributed by atoms with van der Waals surface area (Å²) in [5, 5.41) is 3.60. The molecule has 0 saturated carbocycles. The number of nitrogens with one attached hydrogen (secondary N) is 1. The second-order valence-electron chi connectivity index (χ2n) is 7.72. The molecule has 0 spiro atoms. The minimum absolute atomic E-state index is 0.107. The minimum Gasteiger partial charge on any atom is -0.487 e. The number of fused-ring (bicyclic) bond motifs is 1. The van der Waals surface area contributed by atoms with Crippen molar-refractivity contribution in [3.05, 3.63) is 78.8 Å². The first-order valence-corrected chi connectivity index (χ1v) is 9.39. The van der Waals surface area contributed by atoms with Crippen molar-refractivity contribution in [3.8, 4) is 17.0 Å². The summed E-state index contributed by atoms with van der Waals surface area (Å²) in [6.45, 7) is 6.83. The van der Waals surface area contributed by atoms with E-state index in [1.165, 1.54) is 0 Å². The van der Waals surface area contributed by atoms with E-state index in [2.05, 4.69) is 35.5 Å². The van der Waals surface area contributed by atoms with Crippen LogP contribution in [0.1, 0.15) is 26.5 Å². The lowest BCUT2D eigenvalue weighted by molar-refractivity contribution is 0.302. The first-order valence-electron chi connectivity index (χ1n) is 9.39. The van der Waals surface area contributed by atoms with Crippen molar-refractivity contribution in [2.45, 2.75) is 32.9 Å². The summed E-state index contributed by atoms with van der Waals surface area (Å²) in [7, 11) is 0. The van der Waals surface area contributed by atoms with Crippen molar-refractivity contribution in [1.82, 2.24) is 14.4 Å². The Kier molecular flexibility index (Phi) is 4.74. The molecule has 0 fully saturated rings. The van der Waals surface area contributed by atoms with E-state index in [9.17, 15) is 0 Å². The van der Waals surface area contributed by atoms with E-state index in [0.717, 1.165) is 34.2 Å². The fraction of sp³-hybridized carbons (Fsp3) is 0.217. The van der Waals surface area contributed by atoms with Crippen LogP contribution in [-0.4, -0.2) is 19.9 Å². The zero-order chi connectivity index (χ0) is 19.6. The lowest BCUT2D eigenvalue weighted by atomic mass is 10.1. The molecule has 0 aliphatic carbocycles. The van der Waals surface area contributed by atoms with Crippen LogP contribution in [0, 0.1) is 0 Å². The topological polar surface area (TPSA) is 51.5 Å². The third-order valence-electron chi connectivity index (χ3n) is 4.27. The Morgan fingerprint density at radius 2 is 1.75 bits per heavy atom. The zero-order valence-corrected chi connectivity index (χ0v) is 16.4. The van der Waals surface area contributed by atoms with Gasteiger partial charge in [-0.05, 0) is 57.2 Å². The number of pyridine rings is 2. The molecule has 3 aromatic heterocycles. The molecule has 4 rings (SSSR count). The van der Waals surface area contributed by atoms with Crippen LogP contribution in [0.5, 0.6) is 5.75 Å². The monoisotopic (exact) mass is 372 g/mol. The van der Waals surface area contributed by atoms with Gasteiger partial charge in [-0.3, -0.25) is 9.38 Å². The van der Waals surface area contributed by atoms with Crippen LogP contribution in [0.25, 0.3) is 16.9 Å². The van der Waals surface area contributed by atoms with Crippen LogP contribution < -0.4 is 10.1 Å². The molecule has 0 aliphatic rings. The predicted octanol–water partition coefficient (Wildman–Crippen LogP) is 5.19. The van der Waals surface area contributed by atoms with Crippen molar-refractivity contribution < 1.29 is 4.74 Å². The van der Waals surface area contributed by atoms with Gasteiger partial charge in [0.1, 0.15) is 29.5 Å². The Bertz CT molecular complexity index is 1080. The summed E-state index contributed by atoms with van der Waals surface area (Å²) >= 11 is 0. The lowest BCUT2D eigenvalue weighted by Crippen LogP contribution is -2.27. The molecular weight excluding hydrogens is 348 g/mol. The maximum absolute atomic E-state index is 6.12. The molecule has 5 nitrogen and oxygen atoms in total. The number of nitrogens with zero attached hydrogens (tertiary/aromatic N) is 3. The summed E-state index contributed by atoms with van der Waals surface area (Å²) in [6.07, 6.45) is 3.80. The second kappa shape index (κ2) is 7.35. The van der Waals surface area contributed by atoms with E-state index in [4.69, 9.17) is 9.72 Å². The fourth-order valence-electron chi connectivity index (χ4n) is 3.08. The van der Waals surface area contributed by atoms with E-state index in [1.54, 1.807) is 6.20 Å². The summed E-state index contributed by atoms with van der Waals surface area (Å²) in [5.41, 5.74) is 3.50. The molecule has 1 aromatic carbocycles. The van der Waals surface area contributed by atoms with Gasteiger partial charge in [0.25, 0.3) is 0 Å². The molecular formula is C23H24N4O. The molecule has 4 aromatic rings. The van der Waals surface area contributed by atoms with E-state index in [-0.39, 0.29) is 5.54 Å². The number of para-hydroxylation sites is 1. The third-order valence-corrected chi connectivity index (χ3v) is 4.27. The van der Waals surface area contributed by atoms with Gasteiger partial charge in [-0.1, -0.05) is 24.3 Å². The van der Waals surface area contributed by atoms with Gasteiger partial charge in [0.05, 0.1) is 5.69 Å². The van der Waals surface area contributed by atoms with Crippen LogP contribution in [0.3, 0.4) is 0 Å². The SMILES string of the molecule is CC(C)(C)Nc1c(-c2ccccc2OCc2ccccn2)nc2ccccn12. The standard InChI is InChI=1S/C23H24N4O/c1-23(2,3)26-22-21(25-20-13-7-9-15-27(20)22)18-11-4-5-12-19(18)28-16-17-10-6-8-14-24-17/h4-15,26H,16H2,1-3H3. The molecule has 5 heteroatoms. The van der Waals surface area contributed by atoms with Crippen LogP contribution in [0.2, 0.25) is 0 Å². The summed E-state index contributed by atoms with van der Waals surface area (Å²) in [4.78, 5) is 9.23. The van der Waals surface area contributed by atoms with Crippen LogP contribution >= 0.6 is 0 Å². The van der Waals surface area contributed by atoms with Gasteiger partial charge in [-0.2, -0.15) is 0 Å². The summed E-state index contributed by atoms with van der Waals surface area (Å²) in [6, 6.07) is 19.8. The molecule has 1 N–H and O–H groups in total. The Labute approximate surface area is 165 Å². The molecule has 0 saturated heterocycles. The van der Waals surface area contributed by atoms with Gasteiger partial charge < -0.3 is 10.1 Å². The Morgan fingerprint density at radius 3 is 2.54 bits per heavy atom. The number of hydrogen-bond acceptors (Lipinski definition) is 4. The molecule has 0 amide bonds. The highest BCUT2D eigenvalue weighted by atomic mass is 16.5. The number of benzene rings is 1. The first kappa shape index (κ1) is 18.0. The highest BCUT2D eigenvalue weighted by molar-refractivity contribution is 5.80. The van der Waals surface area contributed by atoms with Crippen molar-refractivity contribution in [1.29, 1.82) is 0 Å². The maximum Gasteiger partial charge on any atom is 0.139 e. The van der Waals surface area contributed by atoms with Crippen molar-refractivity contribution in [2.75, 3.05) is 5.32 Å². The largest absolute Gasteiger partial charge is 0.487 e. The van der Waals surface area contributed by atoms with Crippen LogP contribution in [-0.2, 0) is 6.61 Å². The molecule has 0 atom stereocenters. The van der Waals surface area contributed by atoms with Crippen molar-refractivity contribution >= 4 is 11.5 Å². The molecule has 0 unspecified atom stereocenters. The summed E-state index contributed by atoms with van der Waals surface area (Å²) < 4.78 is 8.20. The highest BCUT2D eigenvalue weighted by Gasteiger charge is 2.21. The Hall–Kier alpha value is -3.34. The molecule has 28 heavy (non-hydrogen) atoms. The number of hydrogen-bond donors (Lipinski definition) is 1. The summed E-state index contributed by atoms with van der Waals surface area (Å²) in [5.74, 6) is 1.74. The van der Waals surface area contributed by atoms with Crippen LogP contribution in [0.15, 0.2) is 73.1 Å². The number of anilines is 1. The van der Waals surface area contributed by atoms with Gasteiger partial charge in [0.2, 0.25) is 0 Å². The number of ether oxygens (including phenoxy) is 1. The Balaban J connectivity index is 1.77.